The zero-order valence-electron chi connectivity index (χ0n) is 12.1. The monoisotopic (exact) mass is 233 g/mol. The number of unbranched alkanes of at least 4 members (excludes halogenated alkanes) is 3. The number of hydrogen-bond donors (Lipinski definition) is 0. The fraction of sp³-hybridized carbons (Fsp3) is 0.688. The third-order valence-electron chi connectivity index (χ3n) is 3.61. The molecule has 0 atom stereocenters. The highest BCUT2D eigenvalue weighted by atomic mass is 14.7. The van der Waals surface area contributed by atoms with Crippen molar-refractivity contribution in [1.29, 1.82) is 0 Å². The summed E-state index contributed by atoms with van der Waals surface area (Å²) in [5.41, 5.74) is 4.00. The minimum atomic E-state index is 0.262. The highest BCUT2D eigenvalue weighted by molar-refractivity contribution is 5.28. The molecule has 0 aliphatic carbocycles. The van der Waals surface area contributed by atoms with Gasteiger partial charge in [-0.2, -0.15) is 0 Å². The van der Waals surface area contributed by atoms with E-state index >= 15 is 0 Å². The molecule has 1 aromatic heterocycles. The molecule has 0 bridgehead atoms. The van der Waals surface area contributed by atoms with Gasteiger partial charge in [-0.05, 0) is 37.3 Å². The summed E-state index contributed by atoms with van der Waals surface area (Å²) in [6, 6.07) is 4.40. The Bertz CT molecular complexity index is 353. The summed E-state index contributed by atoms with van der Waals surface area (Å²) in [6.07, 6.45) is 6.62. The van der Waals surface area contributed by atoms with Crippen LogP contribution in [0, 0.1) is 13.8 Å². The molecule has 0 saturated heterocycles. The summed E-state index contributed by atoms with van der Waals surface area (Å²) in [4.78, 5) is 4.58. The minimum Gasteiger partial charge on any atom is -0.258 e. The first-order valence-corrected chi connectivity index (χ1v) is 6.92. The van der Waals surface area contributed by atoms with Crippen molar-refractivity contribution in [3.05, 3.63) is 29.1 Å². The molecule has 1 heteroatoms. The van der Waals surface area contributed by atoms with Gasteiger partial charge in [0.2, 0.25) is 0 Å². The van der Waals surface area contributed by atoms with Crippen LogP contribution in [-0.2, 0) is 5.41 Å². The van der Waals surface area contributed by atoms with Gasteiger partial charge in [-0.3, -0.25) is 4.98 Å². The van der Waals surface area contributed by atoms with Gasteiger partial charge in [0.05, 0.1) is 0 Å². The van der Waals surface area contributed by atoms with Crippen molar-refractivity contribution in [1.82, 2.24) is 4.98 Å². The highest BCUT2D eigenvalue weighted by Gasteiger charge is 2.22. The Morgan fingerprint density at radius 1 is 1.06 bits per heavy atom. The molecule has 0 N–H and O–H groups in total. The van der Waals surface area contributed by atoms with Gasteiger partial charge in [0.15, 0.2) is 0 Å². The average Bonchev–Trinajstić information content (AvgIpc) is 2.24. The molecule has 0 aromatic carbocycles. The van der Waals surface area contributed by atoms with Crippen LogP contribution in [0.25, 0.3) is 0 Å². The summed E-state index contributed by atoms with van der Waals surface area (Å²) in [6.45, 7) is 11.1. The lowest BCUT2D eigenvalue weighted by atomic mass is 9.79. The summed E-state index contributed by atoms with van der Waals surface area (Å²) in [5.74, 6) is 0. The van der Waals surface area contributed by atoms with Crippen molar-refractivity contribution < 1.29 is 0 Å². The van der Waals surface area contributed by atoms with Crippen LogP contribution in [0.1, 0.15) is 69.8 Å². The Kier molecular flexibility index (Phi) is 5.17. The molecule has 0 saturated carbocycles. The molecule has 17 heavy (non-hydrogen) atoms. The van der Waals surface area contributed by atoms with Crippen LogP contribution in [0.2, 0.25) is 0 Å². The van der Waals surface area contributed by atoms with Crippen molar-refractivity contribution in [2.45, 2.75) is 72.1 Å². The molecule has 0 fully saturated rings. The Morgan fingerprint density at radius 2 is 1.76 bits per heavy atom. The van der Waals surface area contributed by atoms with E-state index in [1.54, 1.807) is 0 Å². The summed E-state index contributed by atoms with van der Waals surface area (Å²) in [5, 5.41) is 0. The SMILES string of the molecule is CCCCCCC(C)(C)c1ccc(C)nc1C. The van der Waals surface area contributed by atoms with E-state index in [0.717, 1.165) is 5.69 Å². The third kappa shape index (κ3) is 4.14. The van der Waals surface area contributed by atoms with Crippen LogP contribution in [0.3, 0.4) is 0 Å². The Morgan fingerprint density at radius 3 is 2.35 bits per heavy atom. The molecule has 1 nitrogen and oxygen atoms in total. The van der Waals surface area contributed by atoms with Gasteiger partial charge in [-0.25, -0.2) is 0 Å². The Balaban J connectivity index is 2.68. The Labute approximate surface area is 107 Å². The second-order valence-electron chi connectivity index (χ2n) is 5.78. The van der Waals surface area contributed by atoms with E-state index < -0.39 is 0 Å². The van der Waals surface area contributed by atoms with Crippen molar-refractivity contribution in [2.24, 2.45) is 0 Å². The van der Waals surface area contributed by atoms with Gasteiger partial charge < -0.3 is 0 Å². The third-order valence-corrected chi connectivity index (χ3v) is 3.61. The summed E-state index contributed by atoms with van der Waals surface area (Å²) in [7, 11) is 0. The number of pyridine rings is 1. The van der Waals surface area contributed by atoms with Crippen molar-refractivity contribution in [2.75, 3.05) is 0 Å². The molecular formula is C16H27N. The van der Waals surface area contributed by atoms with E-state index in [1.807, 2.05) is 0 Å². The van der Waals surface area contributed by atoms with Crippen molar-refractivity contribution >= 4 is 0 Å². The van der Waals surface area contributed by atoms with E-state index in [1.165, 1.54) is 43.4 Å². The lowest BCUT2D eigenvalue weighted by molar-refractivity contribution is 0.442. The van der Waals surface area contributed by atoms with E-state index in [-0.39, 0.29) is 5.41 Å². The van der Waals surface area contributed by atoms with Gasteiger partial charge in [0.25, 0.3) is 0 Å². The molecule has 0 aliphatic heterocycles. The van der Waals surface area contributed by atoms with Crippen LogP contribution in [0.4, 0.5) is 0 Å². The first-order valence-electron chi connectivity index (χ1n) is 6.92. The number of aromatic nitrogens is 1. The molecule has 1 heterocycles. The number of rotatable bonds is 6. The van der Waals surface area contributed by atoms with Crippen molar-refractivity contribution in [3.63, 3.8) is 0 Å². The maximum Gasteiger partial charge on any atom is 0.0413 e. The zero-order valence-corrected chi connectivity index (χ0v) is 12.1. The first kappa shape index (κ1) is 14.2. The van der Waals surface area contributed by atoms with Crippen LogP contribution in [0.5, 0.6) is 0 Å². The summed E-state index contributed by atoms with van der Waals surface area (Å²) >= 11 is 0. The minimum absolute atomic E-state index is 0.262. The second kappa shape index (κ2) is 6.18. The lowest BCUT2D eigenvalue weighted by Gasteiger charge is -2.27. The predicted octanol–water partition coefficient (Wildman–Crippen LogP) is 4.95. The molecular weight excluding hydrogens is 206 g/mol. The largest absolute Gasteiger partial charge is 0.258 e. The molecule has 0 radical (unpaired) electrons. The molecule has 1 aromatic rings. The maximum atomic E-state index is 4.58. The van der Waals surface area contributed by atoms with Gasteiger partial charge in [0.1, 0.15) is 0 Å². The fourth-order valence-corrected chi connectivity index (χ4v) is 2.53. The van der Waals surface area contributed by atoms with E-state index in [9.17, 15) is 0 Å². The standard InChI is InChI=1S/C16H27N/c1-6-7-8-9-12-16(4,5)15-11-10-13(2)17-14(15)3/h10-11H,6-9,12H2,1-5H3. The molecule has 0 spiro atoms. The number of aryl methyl sites for hydroxylation is 2. The van der Waals surface area contributed by atoms with Crippen LogP contribution < -0.4 is 0 Å². The number of hydrogen-bond acceptors (Lipinski definition) is 1. The normalized spacial score (nSPS) is 11.8. The molecule has 96 valence electrons. The summed E-state index contributed by atoms with van der Waals surface area (Å²) < 4.78 is 0. The van der Waals surface area contributed by atoms with Gasteiger partial charge in [0, 0.05) is 11.4 Å². The van der Waals surface area contributed by atoms with Crippen molar-refractivity contribution in [3.8, 4) is 0 Å². The maximum absolute atomic E-state index is 4.58. The smallest absolute Gasteiger partial charge is 0.0413 e. The van der Waals surface area contributed by atoms with Gasteiger partial charge in [-0.1, -0.05) is 52.5 Å². The van der Waals surface area contributed by atoms with Gasteiger partial charge >= 0.3 is 0 Å². The topological polar surface area (TPSA) is 12.9 Å². The first-order chi connectivity index (χ1) is 7.97. The number of nitrogens with zero attached hydrogens (tertiary/aromatic N) is 1. The zero-order chi connectivity index (χ0) is 12.9. The molecule has 0 amide bonds. The highest BCUT2D eigenvalue weighted by Crippen LogP contribution is 2.31. The molecule has 0 aliphatic rings. The second-order valence-corrected chi connectivity index (χ2v) is 5.78. The van der Waals surface area contributed by atoms with E-state index in [0.29, 0.717) is 0 Å². The van der Waals surface area contributed by atoms with E-state index in [4.69, 9.17) is 0 Å². The fourth-order valence-electron chi connectivity index (χ4n) is 2.53. The Hall–Kier alpha value is -0.850. The van der Waals surface area contributed by atoms with Crippen LogP contribution in [0.15, 0.2) is 12.1 Å². The molecule has 0 unspecified atom stereocenters. The average molecular weight is 233 g/mol. The van der Waals surface area contributed by atoms with Crippen LogP contribution >= 0.6 is 0 Å². The predicted molar refractivity (Wildman–Crippen MR) is 75.5 cm³/mol. The van der Waals surface area contributed by atoms with Crippen LogP contribution in [-0.4, -0.2) is 4.98 Å². The quantitative estimate of drug-likeness (QED) is 0.634. The van der Waals surface area contributed by atoms with E-state index in [2.05, 4.69) is 51.7 Å². The lowest BCUT2D eigenvalue weighted by Crippen LogP contribution is -2.19. The molecule has 1 rings (SSSR count). The van der Waals surface area contributed by atoms with Gasteiger partial charge in [-0.15, -0.1) is 0 Å².